The van der Waals surface area contributed by atoms with E-state index >= 15 is 0 Å². The average Bonchev–Trinajstić information content (AvgIpc) is 2.96. The summed E-state index contributed by atoms with van der Waals surface area (Å²) in [6.07, 6.45) is 3.93. The molecule has 2 amide bonds. The van der Waals surface area contributed by atoms with E-state index in [-0.39, 0.29) is 6.03 Å². The van der Waals surface area contributed by atoms with E-state index in [1.54, 1.807) is 4.90 Å². The maximum atomic E-state index is 12.3. The molecular formula is C15H27N3O3. The Morgan fingerprint density at radius 3 is 2.24 bits per heavy atom. The van der Waals surface area contributed by atoms with Gasteiger partial charge < -0.3 is 15.3 Å². The van der Waals surface area contributed by atoms with Crippen LogP contribution in [0.25, 0.3) is 0 Å². The zero-order valence-electron chi connectivity index (χ0n) is 13.1. The van der Waals surface area contributed by atoms with Crippen molar-refractivity contribution in [3.8, 4) is 0 Å². The third-order valence-corrected chi connectivity index (χ3v) is 5.03. The number of carboxylic acids is 1. The van der Waals surface area contributed by atoms with Crippen molar-refractivity contribution in [3.05, 3.63) is 0 Å². The van der Waals surface area contributed by atoms with E-state index in [9.17, 15) is 14.7 Å². The van der Waals surface area contributed by atoms with E-state index in [1.165, 1.54) is 0 Å². The number of aliphatic carboxylic acids is 1. The van der Waals surface area contributed by atoms with Gasteiger partial charge >= 0.3 is 12.0 Å². The molecule has 2 N–H and O–H groups in total. The summed E-state index contributed by atoms with van der Waals surface area (Å²) in [6.45, 7) is 7.44. The summed E-state index contributed by atoms with van der Waals surface area (Å²) in [4.78, 5) is 28.0. The lowest BCUT2D eigenvalue weighted by atomic mass is 9.98. The molecule has 2 fully saturated rings. The topological polar surface area (TPSA) is 72.9 Å². The summed E-state index contributed by atoms with van der Waals surface area (Å²) in [5.41, 5.74) is -1.04. The van der Waals surface area contributed by atoms with Gasteiger partial charge in [-0.2, -0.15) is 0 Å². The highest BCUT2D eigenvalue weighted by molar-refractivity contribution is 5.86. The van der Waals surface area contributed by atoms with Crippen LogP contribution in [0.3, 0.4) is 0 Å². The van der Waals surface area contributed by atoms with Gasteiger partial charge in [-0.1, -0.05) is 19.8 Å². The van der Waals surface area contributed by atoms with E-state index in [2.05, 4.69) is 24.1 Å². The molecule has 0 spiro atoms. The quantitative estimate of drug-likeness (QED) is 0.825. The van der Waals surface area contributed by atoms with Crippen LogP contribution in [0.15, 0.2) is 0 Å². The molecule has 1 atom stereocenters. The van der Waals surface area contributed by atoms with Crippen LogP contribution in [-0.4, -0.2) is 64.7 Å². The predicted octanol–water partition coefficient (Wildman–Crippen LogP) is 1.51. The van der Waals surface area contributed by atoms with Crippen LogP contribution in [0.1, 0.15) is 46.0 Å². The minimum Gasteiger partial charge on any atom is -0.480 e. The van der Waals surface area contributed by atoms with Crippen LogP contribution in [0.4, 0.5) is 4.79 Å². The van der Waals surface area contributed by atoms with E-state index in [4.69, 9.17) is 0 Å². The van der Waals surface area contributed by atoms with Gasteiger partial charge in [0.15, 0.2) is 0 Å². The first-order valence-corrected chi connectivity index (χ1v) is 8.03. The number of hydrogen-bond donors (Lipinski definition) is 2. The van der Waals surface area contributed by atoms with Crippen LogP contribution in [-0.2, 0) is 4.79 Å². The van der Waals surface area contributed by atoms with E-state index in [0.29, 0.717) is 32.0 Å². The van der Waals surface area contributed by atoms with Gasteiger partial charge in [-0.3, -0.25) is 4.90 Å². The maximum absolute atomic E-state index is 12.3. The molecule has 1 saturated heterocycles. The van der Waals surface area contributed by atoms with Crippen molar-refractivity contribution in [3.63, 3.8) is 0 Å². The number of piperazine rings is 1. The summed E-state index contributed by atoms with van der Waals surface area (Å²) in [5, 5.41) is 12.2. The van der Waals surface area contributed by atoms with Crippen molar-refractivity contribution in [1.29, 1.82) is 0 Å². The first-order valence-electron chi connectivity index (χ1n) is 8.03. The standard InChI is InChI=1S/C15H27N3O3/c1-3-12(2)17-8-10-18(11-9-17)14(21)16-15(13(19)20)6-4-5-7-15/h12H,3-11H2,1-2H3,(H,16,21)(H,19,20). The third kappa shape index (κ3) is 3.48. The zero-order valence-corrected chi connectivity index (χ0v) is 13.1. The largest absolute Gasteiger partial charge is 0.480 e. The van der Waals surface area contributed by atoms with Crippen LogP contribution in [0.2, 0.25) is 0 Å². The van der Waals surface area contributed by atoms with E-state index in [1.807, 2.05) is 0 Å². The van der Waals surface area contributed by atoms with E-state index < -0.39 is 11.5 Å². The fourth-order valence-corrected chi connectivity index (χ4v) is 3.28. The van der Waals surface area contributed by atoms with Crippen molar-refractivity contribution in [2.75, 3.05) is 26.2 Å². The summed E-state index contributed by atoms with van der Waals surface area (Å²) in [6, 6.07) is 0.318. The Hall–Kier alpha value is -1.30. The molecule has 1 aliphatic heterocycles. The number of amides is 2. The first-order chi connectivity index (χ1) is 9.98. The molecule has 1 aliphatic carbocycles. The molecule has 0 aromatic carbocycles. The molecule has 0 aromatic rings. The second kappa shape index (κ2) is 6.64. The molecule has 1 unspecified atom stereocenters. The lowest BCUT2D eigenvalue weighted by molar-refractivity contribution is -0.144. The van der Waals surface area contributed by atoms with Crippen molar-refractivity contribution in [2.24, 2.45) is 0 Å². The molecule has 6 heteroatoms. The fraction of sp³-hybridized carbons (Fsp3) is 0.867. The highest BCUT2D eigenvalue weighted by Gasteiger charge is 2.43. The van der Waals surface area contributed by atoms with Gasteiger partial charge in [0, 0.05) is 32.2 Å². The highest BCUT2D eigenvalue weighted by atomic mass is 16.4. The number of carbonyl (C=O) groups is 2. The van der Waals surface area contributed by atoms with Crippen molar-refractivity contribution in [1.82, 2.24) is 15.1 Å². The average molecular weight is 297 g/mol. The lowest BCUT2D eigenvalue weighted by Crippen LogP contribution is -2.60. The second-order valence-electron chi connectivity index (χ2n) is 6.30. The SMILES string of the molecule is CCC(C)N1CCN(C(=O)NC2(C(=O)O)CCCC2)CC1. The van der Waals surface area contributed by atoms with Gasteiger partial charge in [0.2, 0.25) is 0 Å². The number of carboxylic acid groups (broad SMARTS) is 1. The van der Waals surface area contributed by atoms with Crippen LogP contribution in [0.5, 0.6) is 0 Å². The zero-order chi connectivity index (χ0) is 15.5. The Balaban J connectivity index is 1.89. The fourth-order valence-electron chi connectivity index (χ4n) is 3.28. The number of nitrogens with one attached hydrogen (secondary N) is 1. The summed E-state index contributed by atoms with van der Waals surface area (Å²) >= 11 is 0. The molecule has 0 radical (unpaired) electrons. The van der Waals surface area contributed by atoms with Gasteiger partial charge in [0.1, 0.15) is 5.54 Å². The van der Waals surface area contributed by atoms with Crippen LogP contribution >= 0.6 is 0 Å². The van der Waals surface area contributed by atoms with Gasteiger partial charge in [0.25, 0.3) is 0 Å². The minimum atomic E-state index is -1.04. The Bertz CT molecular complexity index is 386. The molecule has 6 nitrogen and oxygen atoms in total. The maximum Gasteiger partial charge on any atom is 0.329 e. The minimum absolute atomic E-state index is 0.219. The van der Waals surface area contributed by atoms with Gasteiger partial charge in [-0.15, -0.1) is 0 Å². The Morgan fingerprint density at radius 2 is 1.76 bits per heavy atom. The lowest BCUT2D eigenvalue weighted by Gasteiger charge is -2.39. The summed E-state index contributed by atoms with van der Waals surface area (Å²) in [7, 11) is 0. The molecule has 0 bridgehead atoms. The third-order valence-electron chi connectivity index (χ3n) is 5.03. The normalized spacial score (nSPS) is 23.8. The number of carbonyl (C=O) groups excluding carboxylic acids is 1. The Morgan fingerprint density at radius 1 is 1.19 bits per heavy atom. The summed E-state index contributed by atoms with van der Waals surface area (Å²) < 4.78 is 0. The molecular weight excluding hydrogens is 270 g/mol. The number of rotatable bonds is 4. The van der Waals surface area contributed by atoms with Gasteiger partial charge in [-0.05, 0) is 26.2 Å². The first kappa shape index (κ1) is 16.1. The molecule has 2 aliphatic rings. The number of hydrogen-bond acceptors (Lipinski definition) is 3. The Kier molecular flexibility index (Phi) is 5.08. The van der Waals surface area contributed by atoms with Crippen molar-refractivity contribution < 1.29 is 14.7 Å². The molecule has 120 valence electrons. The Labute approximate surface area is 126 Å². The number of urea groups is 1. The van der Waals surface area contributed by atoms with Gasteiger partial charge in [-0.25, -0.2) is 9.59 Å². The molecule has 2 rings (SSSR count). The second-order valence-corrected chi connectivity index (χ2v) is 6.30. The van der Waals surface area contributed by atoms with Gasteiger partial charge in [0.05, 0.1) is 0 Å². The van der Waals surface area contributed by atoms with E-state index in [0.717, 1.165) is 32.4 Å². The predicted molar refractivity (Wildman–Crippen MR) is 80.3 cm³/mol. The molecule has 1 saturated carbocycles. The van der Waals surface area contributed by atoms with Crippen LogP contribution < -0.4 is 5.32 Å². The summed E-state index contributed by atoms with van der Waals surface area (Å²) in [5.74, 6) is -0.897. The van der Waals surface area contributed by atoms with Crippen LogP contribution in [0, 0.1) is 0 Å². The smallest absolute Gasteiger partial charge is 0.329 e. The van der Waals surface area contributed by atoms with Crippen molar-refractivity contribution in [2.45, 2.75) is 57.5 Å². The molecule has 0 aromatic heterocycles. The molecule has 1 heterocycles. The van der Waals surface area contributed by atoms with Crippen molar-refractivity contribution >= 4 is 12.0 Å². The highest BCUT2D eigenvalue weighted by Crippen LogP contribution is 2.30. The molecule has 21 heavy (non-hydrogen) atoms. The number of nitrogens with zero attached hydrogens (tertiary/aromatic N) is 2. The monoisotopic (exact) mass is 297 g/mol.